The summed E-state index contributed by atoms with van der Waals surface area (Å²) < 4.78 is 30.9. The number of halogens is 1. The second-order valence-electron chi connectivity index (χ2n) is 7.58. The number of sulfonamides is 1. The molecule has 1 saturated heterocycles. The van der Waals surface area contributed by atoms with Crippen molar-refractivity contribution >= 4 is 38.6 Å². The third-order valence-electron chi connectivity index (χ3n) is 5.66. The smallest absolute Gasteiger partial charge is 0.311 e. The van der Waals surface area contributed by atoms with E-state index >= 15 is 0 Å². The number of nitrogens with one attached hydrogen (secondary N) is 1. The molecule has 174 valence electrons. The zero-order valence-corrected chi connectivity index (χ0v) is 21.1. The van der Waals surface area contributed by atoms with Crippen molar-refractivity contribution in [2.24, 2.45) is 0 Å². The zero-order valence-electron chi connectivity index (χ0n) is 18.7. The van der Waals surface area contributed by atoms with Crippen LogP contribution >= 0.6 is 23.4 Å². The summed E-state index contributed by atoms with van der Waals surface area (Å²) in [5.74, 6) is 0.412. The first kappa shape index (κ1) is 25.1. The van der Waals surface area contributed by atoms with Crippen molar-refractivity contribution in [1.82, 2.24) is 9.62 Å². The summed E-state index contributed by atoms with van der Waals surface area (Å²) in [6.07, 6.45) is 0.573. The average Bonchev–Trinajstić information content (AvgIpc) is 3.12. The van der Waals surface area contributed by atoms with Crippen molar-refractivity contribution in [3.05, 3.63) is 64.7 Å². The van der Waals surface area contributed by atoms with Crippen LogP contribution in [0, 0.1) is 0 Å². The highest BCUT2D eigenvalue weighted by molar-refractivity contribution is 8.13. The third-order valence-corrected chi connectivity index (χ3v) is 8.89. The molecule has 0 amide bonds. The summed E-state index contributed by atoms with van der Waals surface area (Å²) in [5, 5.41) is 12.8. The van der Waals surface area contributed by atoms with Gasteiger partial charge in [-0.2, -0.15) is 0 Å². The molecular weight excluding hydrogens is 466 g/mol. The van der Waals surface area contributed by atoms with Crippen LogP contribution in [-0.2, 0) is 22.2 Å². The topological polar surface area (TPSA) is 72.6 Å². The molecule has 0 spiro atoms. The molecule has 2 aromatic rings. The molecule has 6 nitrogen and oxygen atoms in total. The Morgan fingerprint density at radius 2 is 1.84 bits per heavy atom. The first-order chi connectivity index (χ1) is 15.3. The molecule has 0 saturated carbocycles. The summed E-state index contributed by atoms with van der Waals surface area (Å²) >= 11 is 7.87. The van der Waals surface area contributed by atoms with E-state index in [1.54, 1.807) is 23.9 Å². The molecule has 1 heterocycles. The minimum absolute atomic E-state index is 0.0181. The molecular formula is C23H31ClN3O3S2+. The van der Waals surface area contributed by atoms with Crippen LogP contribution in [0.2, 0.25) is 5.02 Å². The quantitative estimate of drug-likeness (QED) is 0.520. The van der Waals surface area contributed by atoms with E-state index in [0.717, 1.165) is 23.8 Å². The zero-order chi connectivity index (χ0) is 23.4. The lowest BCUT2D eigenvalue weighted by Crippen LogP contribution is -2.47. The molecule has 1 fully saturated rings. The van der Waals surface area contributed by atoms with Crippen LogP contribution in [0.4, 0.5) is 0 Å². The van der Waals surface area contributed by atoms with Crippen molar-refractivity contribution in [3.63, 3.8) is 0 Å². The second-order valence-corrected chi connectivity index (χ2v) is 10.7. The van der Waals surface area contributed by atoms with Gasteiger partial charge in [0, 0.05) is 12.1 Å². The summed E-state index contributed by atoms with van der Waals surface area (Å²) in [6, 6.07) is 14.4. The number of hydrogen-bond donors (Lipinski definition) is 2. The molecule has 3 rings (SSSR count). The maximum Gasteiger partial charge on any atom is 0.311 e. The van der Waals surface area contributed by atoms with Crippen molar-refractivity contribution in [1.29, 1.82) is 0 Å². The highest BCUT2D eigenvalue weighted by Crippen LogP contribution is 2.40. The van der Waals surface area contributed by atoms with Gasteiger partial charge in [0.25, 0.3) is 0 Å². The minimum Gasteiger partial charge on any atom is -0.349 e. The molecule has 32 heavy (non-hydrogen) atoms. The van der Waals surface area contributed by atoms with Crippen molar-refractivity contribution in [2.75, 3.05) is 31.9 Å². The molecule has 0 radical (unpaired) electrons. The van der Waals surface area contributed by atoms with Gasteiger partial charge in [-0.25, -0.2) is 18.0 Å². The van der Waals surface area contributed by atoms with Crippen LogP contribution in [0.3, 0.4) is 0 Å². The van der Waals surface area contributed by atoms with E-state index in [0.29, 0.717) is 24.3 Å². The molecule has 2 aromatic carbocycles. The normalized spacial score (nSPS) is 18.9. The fraction of sp³-hybridized carbons (Fsp3) is 0.435. The maximum absolute atomic E-state index is 13.0. The van der Waals surface area contributed by atoms with Crippen LogP contribution in [0.5, 0.6) is 0 Å². The molecule has 0 aromatic heterocycles. The Hall–Kier alpha value is -1.58. The number of nitrogens with zero attached hydrogens (tertiary/aromatic N) is 2. The van der Waals surface area contributed by atoms with Crippen LogP contribution in [0.15, 0.2) is 53.4 Å². The lowest BCUT2D eigenvalue weighted by molar-refractivity contribution is -0.523. The Kier molecular flexibility index (Phi) is 8.27. The molecule has 0 aliphatic carbocycles. The molecule has 1 aliphatic heterocycles. The summed E-state index contributed by atoms with van der Waals surface area (Å²) in [5.41, 5.74) is 0.253. The van der Waals surface area contributed by atoms with Crippen molar-refractivity contribution in [3.8, 4) is 0 Å². The van der Waals surface area contributed by atoms with Crippen molar-refractivity contribution in [2.45, 2.75) is 37.8 Å². The number of thioether (sulfide) groups is 1. The fourth-order valence-electron chi connectivity index (χ4n) is 3.88. The van der Waals surface area contributed by atoms with E-state index in [1.165, 1.54) is 6.07 Å². The maximum atomic E-state index is 13.0. The van der Waals surface area contributed by atoms with E-state index in [2.05, 4.69) is 23.1 Å². The molecule has 1 unspecified atom stereocenters. The predicted octanol–water partition coefficient (Wildman–Crippen LogP) is 3.48. The van der Waals surface area contributed by atoms with Crippen LogP contribution in [-0.4, -0.2) is 60.1 Å². The number of benzene rings is 2. The van der Waals surface area contributed by atoms with E-state index in [9.17, 15) is 13.5 Å². The largest absolute Gasteiger partial charge is 0.349 e. The third kappa shape index (κ3) is 5.15. The van der Waals surface area contributed by atoms with Gasteiger partial charge in [-0.1, -0.05) is 48.0 Å². The Morgan fingerprint density at radius 3 is 2.47 bits per heavy atom. The van der Waals surface area contributed by atoms with Crippen LogP contribution < -0.4 is 4.72 Å². The Morgan fingerprint density at radius 1 is 1.16 bits per heavy atom. The van der Waals surface area contributed by atoms with Crippen LogP contribution in [0.25, 0.3) is 0 Å². The highest BCUT2D eigenvalue weighted by atomic mass is 35.5. The van der Waals surface area contributed by atoms with Gasteiger partial charge in [0.1, 0.15) is 4.90 Å². The van der Waals surface area contributed by atoms with Gasteiger partial charge < -0.3 is 5.11 Å². The van der Waals surface area contributed by atoms with Gasteiger partial charge in [-0.15, -0.1) is 0 Å². The van der Waals surface area contributed by atoms with Crippen LogP contribution in [0.1, 0.15) is 31.9 Å². The average molecular weight is 497 g/mol. The Labute approximate surface area is 200 Å². The minimum atomic E-state index is -3.84. The molecule has 0 bridgehead atoms. The van der Waals surface area contributed by atoms with Gasteiger partial charge in [-0.3, -0.25) is 4.58 Å². The predicted molar refractivity (Wildman–Crippen MR) is 132 cm³/mol. The Bertz CT molecular complexity index is 1070. The number of aliphatic hydroxyl groups is 1. The monoisotopic (exact) mass is 496 g/mol. The van der Waals surface area contributed by atoms with E-state index in [-0.39, 0.29) is 16.5 Å². The van der Waals surface area contributed by atoms with E-state index in [4.69, 9.17) is 11.6 Å². The molecule has 9 heteroatoms. The lowest BCUT2D eigenvalue weighted by Gasteiger charge is -2.29. The number of amidine groups is 1. The van der Waals surface area contributed by atoms with E-state index < -0.39 is 15.7 Å². The van der Waals surface area contributed by atoms with Gasteiger partial charge in [0.15, 0.2) is 0 Å². The SMILES string of the molecule is CCN1C(=[N+](CC)CC)SCC1(O)c1ccc(Cl)c(S(=O)(=O)NCCc2ccccc2)c1. The van der Waals surface area contributed by atoms with Gasteiger partial charge >= 0.3 is 5.17 Å². The fourth-order valence-corrected chi connectivity index (χ4v) is 6.97. The second kappa shape index (κ2) is 10.6. The summed E-state index contributed by atoms with van der Waals surface area (Å²) in [6.45, 7) is 8.66. The van der Waals surface area contributed by atoms with Crippen molar-refractivity contribution < 1.29 is 18.1 Å². The highest BCUT2D eigenvalue weighted by Gasteiger charge is 2.51. The first-order valence-corrected chi connectivity index (χ1v) is 13.7. The summed E-state index contributed by atoms with van der Waals surface area (Å²) in [7, 11) is -3.84. The molecule has 1 atom stereocenters. The standard InChI is InChI=1S/C23H31ClN3O3S2/c1-4-26(5-2)22-27(6-3)23(28,17-31-22)19-12-13-20(24)21(16-19)32(29,30)25-15-14-18-10-8-7-9-11-18/h7-13,16,25,28H,4-6,14-15,17H2,1-3H3/q+1. The first-order valence-electron chi connectivity index (χ1n) is 10.8. The summed E-state index contributed by atoms with van der Waals surface area (Å²) in [4.78, 5) is 1.92. The van der Waals surface area contributed by atoms with Gasteiger partial charge in [0.2, 0.25) is 15.7 Å². The Balaban J connectivity index is 1.88. The number of hydrogen-bond acceptors (Lipinski definition) is 4. The number of rotatable bonds is 9. The van der Waals surface area contributed by atoms with E-state index in [1.807, 2.05) is 42.2 Å². The lowest BCUT2D eigenvalue weighted by atomic mass is 10.0. The molecule has 2 N–H and O–H groups in total. The van der Waals surface area contributed by atoms with Gasteiger partial charge in [-0.05, 0) is 56.7 Å². The molecule has 1 aliphatic rings. The van der Waals surface area contributed by atoms with Gasteiger partial charge in [0.05, 0.1) is 30.4 Å².